The summed E-state index contributed by atoms with van der Waals surface area (Å²) in [5.41, 5.74) is 8.15. The maximum absolute atomic E-state index is 15.0. The Labute approximate surface area is 226 Å². The Kier molecular flexibility index (Phi) is 7.87. The highest BCUT2D eigenvalue weighted by molar-refractivity contribution is 7.92. The van der Waals surface area contributed by atoms with Crippen molar-refractivity contribution in [3.05, 3.63) is 60.2 Å². The van der Waals surface area contributed by atoms with Crippen molar-refractivity contribution < 1.29 is 22.0 Å². The van der Waals surface area contributed by atoms with Crippen molar-refractivity contribution in [3.8, 4) is 22.8 Å². The lowest BCUT2D eigenvalue weighted by molar-refractivity contribution is 0.190. The summed E-state index contributed by atoms with van der Waals surface area (Å²) in [6.45, 7) is 5.49. The number of nitrogens with two attached hydrogens (primary N) is 1. The van der Waals surface area contributed by atoms with E-state index in [1.54, 1.807) is 43.3 Å². The molecule has 1 fully saturated rings. The molecule has 1 aliphatic carbocycles. The lowest BCUT2D eigenvalue weighted by Crippen LogP contribution is -2.31. The molecule has 12 heteroatoms. The predicted octanol–water partition coefficient (Wildman–Crippen LogP) is 3.64. The minimum absolute atomic E-state index is 0.0195. The largest absolute Gasteiger partial charge is 0.418 e. The number of hydrogen-bond donors (Lipinski definition) is 2. The lowest BCUT2D eigenvalue weighted by atomic mass is 9.94. The first kappa shape index (κ1) is 27.1. The molecule has 3 aromatic rings. The maximum Gasteiger partial charge on any atom is 0.270 e. The van der Waals surface area contributed by atoms with E-state index in [-0.39, 0.29) is 34.2 Å². The molecule has 2 unspecified atom stereocenters. The fourth-order valence-corrected chi connectivity index (χ4v) is 5.84. The molecule has 0 amide bonds. The van der Waals surface area contributed by atoms with Crippen LogP contribution >= 0.6 is 0 Å². The number of allylic oxidation sites excluding steroid dienone is 2. The highest BCUT2D eigenvalue weighted by atomic mass is 32.2. The van der Waals surface area contributed by atoms with E-state index in [4.69, 9.17) is 14.9 Å². The van der Waals surface area contributed by atoms with E-state index >= 15 is 4.39 Å². The van der Waals surface area contributed by atoms with Gasteiger partial charge in [0.25, 0.3) is 5.89 Å². The number of ether oxygens (including phenoxy) is 1. The first-order valence-corrected chi connectivity index (χ1v) is 14.5. The van der Waals surface area contributed by atoms with Gasteiger partial charge in [-0.05, 0) is 43.5 Å². The third kappa shape index (κ3) is 5.77. The van der Waals surface area contributed by atoms with E-state index in [1.807, 2.05) is 13.0 Å². The molecule has 1 saturated heterocycles. The molecule has 4 atom stereocenters. The fourth-order valence-electron chi connectivity index (χ4n) is 4.42. The van der Waals surface area contributed by atoms with Crippen molar-refractivity contribution in [2.24, 2.45) is 0 Å². The summed E-state index contributed by atoms with van der Waals surface area (Å²) in [6.07, 6.45) is 6.73. The van der Waals surface area contributed by atoms with Gasteiger partial charge in [-0.3, -0.25) is 0 Å². The van der Waals surface area contributed by atoms with Crippen LogP contribution in [0.25, 0.3) is 22.8 Å². The van der Waals surface area contributed by atoms with Crippen molar-refractivity contribution in [2.75, 3.05) is 25.5 Å². The van der Waals surface area contributed by atoms with E-state index in [2.05, 4.69) is 25.5 Å². The Balaban J connectivity index is 1.31. The average molecular weight is 555 g/mol. The van der Waals surface area contributed by atoms with Gasteiger partial charge in [0.15, 0.2) is 21.3 Å². The van der Waals surface area contributed by atoms with Gasteiger partial charge in [0.2, 0.25) is 5.89 Å². The second kappa shape index (κ2) is 11.3. The molecule has 0 radical (unpaired) electrons. The molecule has 3 heterocycles. The Morgan fingerprint density at radius 1 is 1.23 bits per heavy atom. The average Bonchev–Trinajstić information content (AvgIpc) is 3.65. The zero-order valence-corrected chi connectivity index (χ0v) is 22.6. The standard InChI is InChI=1S/C27H31FN6O4S/c1-3-16(2)39(35,36)20-7-5-18(6-8-20)23-14-31-25(29)24(32-23)27-34-33-26(38-27)21-9-4-17(12-22(21)28)13-30-19-10-11-37-15-19/h4-9,12,14,16,19,21-22,30H,3,10-11,13,15H2,1-2H3,(H2,29,31)/t16?,19-,21+,22?/m1/s1. The summed E-state index contributed by atoms with van der Waals surface area (Å²) >= 11 is 0. The van der Waals surface area contributed by atoms with Gasteiger partial charge in [-0.25, -0.2) is 22.8 Å². The van der Waals surface area contributed by atoms with Crippen LogP contribution in [-0.2, 0) is 14.6 Å². The van der Waals surface area contributed by atoms with Crippen LogP contribution in [0.15, 0.2) is 63.6 Å². The zero-order chi connectivity index (χ0) is 27.6. The van der Waals surface area contributed by atoms with E-state index in [0.29, 0.717) is 30.8 Å². The van der Waals surface area contributed by atoms with E-state index in [1.165, 1.54) is 6.20 Å². The van der Waals surface area contributed by atoms with Crippen molar-refractivity contribution in [1.82, 2.24) is 25.5 Å². The number of aromatic nitrogens is 4. The van der Waals surface area contributed by atoms with E-state index in [9.17, 15) is 8.42 Å². The van der Waals surface area contributed by atoms with Crippen LogP contribution < -0.4 is 11.1 Å². The van der Waals surface area contributed by atoms with Crippen molar-refractivity contribution in [2.45, 2.75) is 55.0 Å². The molecule has 2 aliphatic rings. The summed E-state index contributed by atoms with van der Waals surface area (Å²) in [7, 11) is -3.41. The normalized spacial score (nSPS) is 22.1. The molecule has 1 aromatic carbocycles. The van der Waals surface area contributed by atoms with Crippen LogP contribution in [0, 0.1) is 0 Å². The van der Waals surface area contributed by atoms with Crippen LogP contribution in [0.2, 0.25) is 0 Å². The van der Waals surface area contributed by atoms with Gasteiger partial charge >= 0.3 is 0 Å². The van der Waals surface area contributed by atoms with E-state index in [0.717, 1.165) is 18.6 Å². The number of alkyl halides is 1. The van der Waals surface area contributed by atoms with Gasteiger partial charge in [-0.1, -0.05) is 31.2 Å². The third-order valence-electron chi connectivity index (χ3n) is 7.07. The number of nitrogens with zero attached hydrogens (tertiary/aromatic N) is 4. The first-order chi connectivity index (χ1) is 18.8. The quantitative estimate of drug-likeness (QED) is 0.402. The second-order valence-electron chi connectivity index (χ2n) is 9.74. The molecule has 10 nitrogen and oxygen atoms in total. The van der Waals surface area contributed by atoms with Gasteiger partial charge in [0.1, 0.15) is 6.17 Å². The van der Waals surface area contributed by atoms with Crippen LogP contribution in [0.1, 0.15) is 38.5 Å². The molecule has 206 valence electrons. The van der Waals surface area contributed by atoms with Gasteiger partial charge in [0.05, 0.1) is 34.6 Å². The number of nitrogens with one attached hydrogen (secondary N) is 1. The number of rotatable bonds is 9. The van der Waals surface area contributed by atoms with Crippen LogP contribution in [-0.4, -0.2) is 65.8 Å². The highest BCUT2D eigenvalue weighted by Crippen LogP contribution is 2.32. The number of sulfone groups is 1. The Morgan fingerprint density at radius 3 is 2.72 bits per heavy atom. The summed E-state index contributed by atoms with van der Waals surface area (Å²) in [6, 6.07) is 6.71. The Hall–Kier alpha value is -3.48. The summed E-state index contributed by atoms with van der Waals surface area (Å²) in [5, 5.41) is 11.0. The summed E-state index contributed by atoms with van der Waals surface area (Å²) in [4.78, 5) is 8.98. The van der Waals surface area contributed by atoms with E-state index < -0.39 is 27.2 Å². The second-order valence-corrected chi connectivity index (χ2v) is 12.1. The third-order valence-corrected chi connectivity index (χ3v) is 9.39. The highest BCUT2D eigenvalue weighted by Gasteiger charge is 2.29. The summed E-state index contributed by atoms with van der Waals surface area (Å²) in [5.74, 6) is -0.536. The SMILES string of the molecule is CCC(C)S(=O)(=O)c1ccc(-c2cnc(N)c(-c3nnc([C@H]4C=CC(CN[C@@H]5CCOC5)=CC4F)o3)n2)cc1. The van der Waals surface area contributed by atoms with Gasteiger partial charge in [-0.2, -0.15) is 0 Å². The van der Waals surface area contributed by atoms with Crippen molar-refractivity contribution >= 4 is 15.7 Å². The lowest BCUT2D eigenvalue weighted by Gasteiger charge is -2.18. The van der Waals surface area contributed by atoms with Gasteiger partial charge in [0, 0.05) is 24.8 Å². The smallest absolute Gasteiger partial charge is 0.270 e. The molecule has 1 aliphatic heterocycles. The minimum atomic E-state index is -3.41. The number of anilines is 1. The molecule has 3 N–H and O–H groups in total. The van der Waals surface area contributed by atoms with Crippen molar-refractivity contribution in [3.63, 3.8) is 0 Å². The number of nitrogen functional groups attached to an aromatic ring is 1. The van der Waals surface area contributed by atoms with Crippen LogP contribution in [0.5, 0.6) is 0 Å². The Bertz CT molecular complexity index is 1480. The Morgan fingerprint density at radius 2 is 2.03 bits per heavy atom. The number of halogens is 1. The first-order valence-electron chi connectivity index (χ1n) is 12.9. The molecule has 0 spiro atoms. The molecular formula is C27H31FN6O4S. The van der Waals surface area contributed by atoms with Crippen LogP contribution in [0.4, 0.5) is 10.2 Å². The summed E-state index contributed by atoms with van der Waals surface area (Å²) < 4.78 is 51.5. The predicted molar refractivity (Wildman–Crippen MR) is 144 cm³/mol. The molecule has 0 saturated carbocycles. The van der Waals surface area contributed by atoms with Gasteiger partial charge < -0.3 is 20.2 Å². The monoisotopic (exact) mass is 554 g/mol. The zero-order valence-electron chi connectivity index (χ0n) is 21.7. The number of benzene rings is 1. The minimum Gasteiger partial charge on any atom is -0.418 e. The maximum atomic E-state index is 15.0. The van der Waals surface area contributed by atoms with Crippen LogP contribution in [0.3, 0.4) is 0 Å². The molecule has 39 heavy (non-hydrogen) atoms. The molecule has 5 rings (SSSR count). The number of hydrogen-bond acceptors (Lipinski definition) is 10. The molecule has 2 aromatic heterocycles. The fraction of sp³-hybridized carbons (Fsp3) is 0.407. The topological polar surface area (TPSA) is 146 Å². The molecular weight excluding hydrogens is 523 g/mol. The molecule has 0 bridgehead atoms. The van der Waals surface area contributed by atoms with Crippen molar-refractivity contribution in [1.29, 1.82) is 0 Å². The van der Waals surface area contributed by atoms with Gasteiger partial charge in [-0.15, -0.1) is 10.2 Å².